The molecule has 0 aliphatic heterocycles. The molecule has 2 aliphatic rings. The van der Waals surface area contributed by atoms with Crippen LogP contribution < -0.4 is 5.73 Å². The van der Waals surface area contributed by atoms with Crippen molar-refractivity contribution in [1.29, 1.82) is 0 Å². The summed E-state index contributed by atoms with van der Waals surface area (Å²) in [6, 6.07) is 2.45. The van der Waals surface area contributed by atoms with Crippen LogP contribution in [0.3, 0.4) is 0 Å². The molecule has 0 amide bonds. The summed E-state index contributed by atoms with van der Waals surface area (Å²) in [5.41, 5.74) is 7.77. The fourth-order valence-corrected chi connectivity index (χ4v) is 4.72. The maximum Gasteiger partial charge on any atom is 0.0410 e. The zero-order valence-corrected chi connectivity index (χ0v) is 13.7. The van der Waals surface area contributed by atoms with E-state index < -0.39 is 0 Å². The molecule has 0 aromatic carbocycles. The van der Waals surface area contributed by atoms with Gasteiger partial charge in [-0.1, -0.05) is 25.7 Å². The van der Waals surface area contributed by atoms with Crippen molar-refractivity contribution in [3.63, 3.8) is 0 Å². The van der Waals surface area contributed by atoms with Crippen molar-refractivity contribution >= 4 is 15.9 Å². The number of nitrogens with two attached hydrogens (primary N) is 1. The highest BCUT2D eigenvalue weighted by atomic mass is 79.9. The van der Waals surface area contributed by atoms with E-state index in [0.717, 1.165) is 22.7 Å². The second-order valence-electron chi connectivity index (χ2n) is 6.76. The Morgan fingerprint density at radius 1 is 1.15 bits per heavy atom. The van der Waals surface area contributed by atoms with Crippen LogP contribution in [0.4, 0.5) is 0 Å². The number of hydrogen-bond acceptors (Lipinski definition) is 2. The van der Waals surface area contributed by atoms with Gasteiger partial charge >= 0.3 is 0 Å². The molecule has 1 aromatic heterocycles. The van der Waals surface area contributed by atoms with Crippen molar-refractivity contribution in [1.82, 2.24) is 4.98 Å². The van der Waals surface area contributed by atoms with E-state index in [0.29, 0.717) is 12.0 Å². The van der Waals surface area contributed by atoms with E-state index in [1.165, 1.54) is 50.5 Å². The molecule has 2 nitrogen and oxygen atoms in total. The van der Waals surface area contributed by atoms with Crippen LogP contribution >= 0.6 is 15.9 Å². The van der Waals surface area contributed by atoms with E-state index in [4.69, 9.17) is 5.73 Å². The second-order valence-corrected chi connectivity index (χ2v) is 7.67. The van der Waals surface area contributed by atoms with Crippen LogP contribution in [0.1, 0.15) is 50.5 Å². The molecule has 0 bridgehead atoms. The molecule has 1 aromatic rings. The third kappa shape index (κ3) is 3.43. The number of fused-ring (bicyclic) bond motifs is 1. The van der Waals surface area contributed by atoms with E-state index in [-0.39, 0.29) is 0 Å². The third-order valence-corrected chi connectivity index (χ3v) is 5.85. The average molecular weight is 337 g/mol. The highest BCUT2D eigenvalue weighted by Crippen LogP contribution is 2.43. The minimum absolute atomic E-state index is 0.300. The van der Waals surface area contributed by atoms with Crippen LogP contribution in [0.15, 0.2) is 22.9 Å². The molecule has 0 spiro atoms. The van der Waals surface area contributed by atoms with Gasteiger partial charge < -0.3 is 5.73 Å². The van der Waals surface area contributed by atoms with Crippen LogP contribution in [-0.2, 0) is 6.42 Å². The van der Waals surface area contributed by atoms with Gasteiger partial charge in [-0.25, -0.2) is 0 Å². The van der Waals surface area contributed by atoms with Crippen molar-refractivity contribution in [3.8, 4) is 0 Å². The minimum atomic E-state index is 0.300. The van der Waals surface area contributed by atoms with Crippen LogP contribution in [0.2, 0.25) is 0 Å². The number of pyridine rings is 1. The lowest BCUT2D eigenvalue weighted by molar-refractivity contribution is 0.117. The summed E-state index contributed by atoms with van der Waals surface area (Å²) in [4.78, 5) is 4.25. The van der Waals surface area contributed by atoms with Crippen LogP contribution in [0.5, 0.6) is 0 Å². The van der Waals surface area contributed by atoms with Crippen LogP contribution in [-0.4, -0.2) is 11.0 Å². The molecule has 2 aliphatic carbocycles. The zero-order valence-electron chi connectivity index (χ0n) is 12.1. The monoisotopic (exact) mass is 336 g/mol. The Bertz CT molecular complexity index is 448. The van der Waals surface area contributed by atoms with Crippen molar-refractivity contribution in [2.75, 3.05) is 0 Å². The maximum atomic E-state index is 6.51. The van der Waals surface area contributed by atoms with E-state index >= 15 is 0 Å². The Kier molecular flexibility index (Phi) is 4.77. The summed E-state index contributed by atoms with van der Waals surface area (Å²) in [5.74, 6) is 2.70. The fourth-order valence-electron chi connectivity index (χ4n) is 4.30. The average Bonchev–Trinajstić information content (AvgIpc) is 2.47. The Hall–Kier alpha value is -0.410. The van der Waals surface area contributed by atoms with Crippen molar-refractivity contribution in [2.45, 2.75) is 57.4 Å². The number of aromatic nitrogens is 1. The molecule has 2 fully saturated rings. The van der Waals surface area contributed by atoms with Gasteiger partial charge in [-0.15, -0.1) is 0 Å². The molecule has 3 heteroatoms. The first-order valence-corrected chi connectivity index (χ1v) is 8.86. The Labute approximate surface area is 130 Å². The predicted molar refractivity (Wildman–Crippen MR) is 86.4 cm³/mol. The van der Waals surface area contributed by atoms with E-state index in [1.807, 2.05) is 12.4 Å². The molecule has 4 atom stereocenters. The van der Waals surface area contributed by atoms with Gasteiger partial charge in [0.1, 0.15) is 0 Å². The normalized spacial score (nSPS) is 31.6. The molecule has 110 valence electrons. The van der Waals surface area contributed by atoms with Gasteiger partial charge in [0.25, 0.3) is 0 Å². The van der Waals surface area contributed by atoms with Crippen molar-refractivity contribution in [3.05, 3.63) is 28.5 Å². The smallest absolute Gasteiger partial charge is 0.0410 e. The van der Waals surface area contributed by atoms with Gasteiger partial charge in [0.05, 0.1) is 0 Å². The molecular weight excluding hydrogens is 312 g/mol. The summed E-state index contributed by atoms with van der Waals surface area (Å²) in [6.07, 6.45) is 14.7. The fraction of sp³-hybridized carbons (Fsp3) is 0.706. The molecular formula is C17H25BrN2. The molecule has 2 saturated carbocycles. The summed E-state index contributed by atoms with van der Waals surface area (Å²) in [6.45, 7) is 0. The quantitative estimate of drug-likeness (QED) is 0.892. The standard InChI is InChI=1S/C17H25BrN2/c18-16-7-12(10-20-11-16)8-17(19)15-6-5-13-3-1-2-4-14(13)9-15/h7,10-11,13-15,17H,1-6,8-9,19H2. The first-order chi connectivity index (χ1) is 9.72. The van der Waals surface area contributed by atoms with Gasteiger partial charge in [-0.3, -0.25) is 4.98 Å². The molecule has 1 heterocycles. The Balaban J connectivity index is 1.58. The SMILES string of the molecule is NC(Cc1cncc(Br)c1)C1CCC2CCCCC2C1. The number of halogens is 1. The predicted octanol–water partition coefficient (Wildman–Crippen LogP) is 4.32. The van der Waals surface area contributed by atoms with E-state index in [9.17, 15) is 0 Å². The highest BCUT2D eigenvalue weighted by molar-refractivity contribution is 9.10. The number of rotatable bonds is 3. The van der Waals surface area contributed by atoms with Crippen LogP contribution in [0.25, 0.3) is 0 Å². The summed E-state index contributed by atoms with van der Waals surface area (Å²) >= 11 is 3.49. The Morgan fingerprint density at radius 2 is 1.95 bits per heavy atom. The third-order valence-electron chi connectivity index (χ3n) is 5.42. The maximum absolute atomic E-state index is 6.51. The van der Waals surface area contributed by atoms with Crippen molar-refractivity contribution < 1.29 is 0 Å². The zero-order chi connectivity index (χ0) is 13.9. The lowest BCUT2D eigenvalue weighted by Gasteiger charge is -2.41. The topological polar surface area (TPSA) is 38.9 Å². The van der Waals surface area contributed by atoms with Gasteiger partial charge in [0, 0.05) is 22.9 Å². The second kappa shape index (κ2) is 6.57. The minimum Gasteiger partial charge on any atom is -0.327 e. The molecule has 3 rings (SSSR count). The highest BCUT2D eigenvalue weighted by Gasteiger charge is 2.34. The summed E-state index contributed by atoms with van der Waals surface area (Å²) in [7, 11) is 0. The number of nitrogens with zero attached hydrogens (tertiary/aromatic N) is 1. The van der Waals surface area contributed by atoms with Crippen molar-refractivity contribution in [2.24, 2.45) is 23.5 Å². The van der Waals surface area contributed by atoms with Gasteiger partial charge in [0.15, 0.2) is 0 Å². The van der Waals surface area contributed by atoms with E-state index in [1.54, 1.807) is 0 Å². The Morgan fingerprint density at radius 3 is 2.75 bits per heavy atom. The molecule has 0 radical (unpaired) electrons. The number of hydrogen-bond donors (Lipinski definition) is 1. The summed E-state index contributed by atoms with van der Waals surface area (Å²) < 4.78 is 1.05. The summed E-state index contributed by atoms with van der Waals surface area (Å²) in [5, 5.41) is 0. The first-order valence-electron chi connectivity index (χ1n) is 8.07. The first kappa shape index (κ1) is 14.5. The lowest BCUT2D eigenvalue weighted by atomic mass is 9.66. The molecule has 2 N–H and O–H groups in total. The lowest BCUT2D eigenvalue weighted by Crippen LogP contribution is -2.38. The van der Waals surface area contributed by atoms with Gasteiger partial charge in [-0.05, 0) is 71.0 Å². The molecule has 4 unspecified atom stereocenters. The largest absolute Gasteiger partial charge is 0.327 e. The molecule has 20 heavy (non-hydrogen) atoms. The van der Waals surface area contributed by atoms with Crippen LogP contribution in [0, 0.1) is 17.8 Å². The van der Waals surface area contributed by atoms with Gasteiger partial charge in [0.2, 0.25) is 0 Å². The van der Waals surface area contributed by atoms with Gasteiger partial charge in [-0.2, -0.15) is 0 Å². The molecule has 0 saturated heterocycles. The van der Waals surface area contributed by atoms with E-state index in [2.05, 4.69) is 27.0 Å².